The van der Waals surface area contributed by atoms with E-state index in [-0.39, 0.29) is 12.0 Å². The molecule has 4 fully saturated rings. The zero-order valence-corrected chi connectivity index (χ0v) is 17.5. The first-order valence-corrected chi connectivity index (χ1v) is 10.8. The standard InChI is InChI=1S/C22H38F2N2/c1-18(2,3)25-10-6-20(7-11-25)15-17(20)14-19(4,5)26-12-8-21(9-13-26)16-22(21,23)24/h17H,6-16H2,1-5H3. The van der Waals surface area contributed by atoms with Crippen LogP contribution in [0.25, 0.3) is 0 Å². The van der Waals surface area contributed by atoms with Crippen molar-refractivity contribution in [3.63, 3.8) is 0 Å². The van der Waals surface area contributed by atoms with Crippen LogP contribution in [0.1, 0.15) is 79.6 Å². The molecular formula is C22H38F2N2. The maximum Gasteiger partial charge on any atom is 0.254 e. The van der Waals surface area contributed by atoms with Gasteiger partial charge in [0.25, 0.3) is 5.92 Å². The molecule has 2 spiro atoms. The number of nitrogens with zero attached hydrogens (tertiary/aromatic N) is 2. The lowest BCUT2D eigenvalue weighted by atomic mass is 9.83. The molecule has 2 heterocycles. The third kappa shape index (κ3) is 3.13. The van der Waals surface area contributed by atoms with Gasteiger partial charge in [-0.25, -0.2) is 8.78 Å². The molecule has 0 radical (unpaired) electrons. The van der Waals surface area contributed by atoms with Crippen molar-refractivity contribution in [1.29, 1.82) is 0 Å². The highest BCUT2D eigenvalue weighted by Gasteiger charge is 2.71. The van der Waals surface area contributed by atoms with Gasteiger partial charge in [0.05, 0.1) is 0 Å². The highest BCUT2D eigenvalue weighted by molar-refractivity contribution is 5.13. The molecule has 1 unspecified atom stereocenters. The molecule has 0 aromatic carbocycles. The van der Waals surface area contributed by atoms with E-state index in [0.29, 0.717) is 23.8 Å². The molecular weight excluding hydrogens is 330 g/mol. The number of piperidine rings is 2. The van der Waals surface area contributed by atoms with E-state index in [0.717, 1.165) is 19.0 Å². The normalized spacial score (nSPS) is 33.6. The van der Waals surface area contributed by atoms with Gasteiger partial charge in [-0.15, -0.1) is 0 Å². The lowest BCUT2D eigenvalue weighted by Crippen LogP contribution is -2.50. The van der Waals surface area contributed by atoms with E-state index in [4.69, 9.17) is 0 Å². The van der Waals surface area contributed by atoms with Crippen LogP contribution in [0.5, 0.6) is 0 Å². The Morgan fingerprint density at radius 2 is 1.35 bits per heavy atom. The van der Waals surface area contributed by atoms with Crippen LogP contribution in [-0.4, -0.2) is 53.0 Å². The summed E-state index contributed by atoms with van der Waals surface area (Å²) in [5.41, 5.74) is 0.417. The zero-order chi connectivity index (χ0) is 19.0. The van der Waals surface area contributed by atoms with Crippen molar-refractivity contribution in [2.75, 3.05) is 26.2 Å². The van der Waals surface area contributed by atoms with Gasteiger partial charge in [-0.05, 0) is 111 Å². The number of rotatable bonds is 3. The summed E-state index contributed by atoms with van der Waals surface area (Å²) >= 11 is 0. The highest BCUT2D eigenvalue weighted by Crippen LogP contribution is 2.67. The first-order chi connectivity index (χ1) is 11.9. The lowest BCUT2D eigenvalue weighted by Gasteiger charge is -2.45. The molecule has 4 heteroatoms. The maximum atomic E-state index is 13.6. The van der Waals surface area contributed by atoms with E-state index in [1.165, 1.54) is 38.8 Å². The number of alkyl halides is 2. The van der Waals surface area contributed by atoms with Gasteiger partial charge in [0.2, 0.25) is 0 Å². The van der Waals surface area contributed by atoms with Crippen LogP contribution in [0.3, 0.4) is 0 Å². The molecule has 150 valence electrons. The van der Waals surface area contributed by atoms with Gasteiger partial charge < -0.3 is 0 Å². The fourth-order valence-electron chi connectivity index (χ4n) is 6.15. The summed E-state index contributed by atoms with van der Waals surface area (Å²) < 4.78 is 27.3. The third-order valence-electron chi connectivity index (χ3n) is 8.60. The minimum atomic E-state index is -2.37. The van der Waals surface area contributed by atoms with Crippen LogP contribution >= 0.6 is 0 Å². The van der Waals surface area contributed by atoms with Crippen molar-refractivity contribution in [3.05, 3.63) is 0 Å². The number of likely N-dealkylation sites (tertiary alicyclic amines) is 2. The Kier molecular flexibility index (Phi) is 4.16. The monoisotopic (exact) mass is 368 g/mol. The molecule has 2 aliphatic carbocycles. The fraction of sp³-hybridized carbons (Fsp3) is 1.00. The van der Waals surface area contributed by atoms with Gasteiger partial charge >= 0.3 is 0 Å². The Morgan fingerprint density at radius 1 is 0.846 bits per heavy atom. The third-order valence-corrected chi connectivity index (χ3v) is 8.60. The minimum absolute atomic E-state index is 0.143. The maximum absolute atomic E-state index is 13.6. The quantitative estimate of drug-likeness (QED) is 0.677. The number of halogens is 2. The minimum Gasteiger partial charge on any atom is -0.298 e. The number of hydrogen-bond donors (Lipinski definition) is 0. The van der Waals surface area contributed by atoms with E-state index in [1.54, 1.807) is 0 Å². The van der Waals surface area contributed by atoms with Crippen molar-refractivity contribution in [2.24, 2.45) is 16.7 Å². The SMILES string of the molecule is CC(C)(C)N1CCC2(CC1)CC2CC(C)(C)N1CCC2(CC1)CC2(F)F. The van der Waals surface area contributed by atoms with Crippen molar-refractivity contribution < 1.29 is 8.78 Å². The fourth-order valence-corrected chi connectivity index (χ4v) is 6.15. The Morgan fingerprint density at radius 3 is 1.81 bits per heavy atom. The molecule has 2 saturated carbocycles. The molecule has 0 bridgehead atoms. The molecule has 2 nitrogen and oxygen atoms in total. The molecule has 0 N–H and O–H groups in total. The average molecular weight is 369 g/mol. The Bertz CT molecular complexity index is 547. The summed E-state index contributed by atoms with van der Waals surface area (Å²) in [6.07, 6.45) is 6.86. The van der Waals surface area contributed by atoms with Crippen LogP contribution in [-0.2, 0) is 0 Å². The summed E-state index contributed by atoms with van der Waals surface area (Å²) in [6.45, 7) is 15.9. The zero-order valence-electron chi connectivity index (χ0n) is 17.5. The Balaban J connectivity index is 1.29. The largest absolute Gasteiger partial charge is 0.298 e. The summed E-state index contributed by atoms with van der Waals surface area (Å²) in [7, 11) is 0. The predicted octanol–water partition coefficient (Wildman–Crippen LogP) is 5.18. The molecule has 0 aromatic heterocycles. The molecule has 2 saturated heterocycles. The lowest BCUT2D eigenvalue weighted by molar-refractivity contribution is 0.000180. The molecule has 4 rings (SSSR count). The summed E-state index contributed by atoms with van der Waals surface area (Å²) in [5.74, 6) is -1.52. The van der Waals surface area contributed by atoms with Crippen LogP contribution < -0.4 is 0 Å². The molecule has 2 aliphatic heterocycles. The molecule has 1 atom stereocenters. The second-order valence-corrected chi connectivity index (χ2v) is 11.6. The molecule has 26 heavy (non-hydrogen) atoms. The summed E-state index contributed by atoms with van der Waals surface area (Å²) in [4.78, 5) is 5.15. The first kappa shape index (κ1) is 19.1. The predicted molar refractivity (Wildman–Crippen MR) is 103 cm³/mol. The highest BCUT2D eigenvalue weighted by atomic mass is 19.3. The smallest absolute Gasteiger partial charge is 0.254 e. The number of hydrogen-bond acceptors (Lipinski definition) is 2. The van der Waals surface area contributed by atoms with E-state index in [9.17, 15) is 8.78 Å². The molecule has 0 aromatic rings. The van der Waals surface area contributed by atoms with Crippen molar-refractivity contribution in [2.45, 2.75) is 96.6 Å². The van der Waals surface area contributed by atoms with Gasteiger partial charge in [-0.1, -0.05) is 0 Å². The Hall–Kier alpha value is -0.220. The van der Waals surface area contributed by atoms with Gasteiger partial charge in [0, 0.05) is 22.9 Å². The first-order valence-electron chi connectivity index (χ1n) is 10.8. The van der Waals surface area contributed by atoms with Crippen molar-refractivity contribution >= 4 is 0 Å². The Labute approximate surface area is 158 Å². The topological polar surface area (TPSA) is 6.48 Å². The molecule has 4 aliphatic rings. The second-order valence-electron chi connectivity index (χ2n) is 11.6. The van der Waals surface area contributed by atoms with Crippen LogP contribution in [0.15, 0.2) is 0 Å². The van der Waals surface area contributed by atoms with E-state index in [1.807, 2.05) is 0 Å². The summed E-state index contributed by atoms with van der Waals surface area (Å²) in [6, 6.07) is 0. The van der Waals surface area contributed by atoms with Crippen molar-refractivity contribution in [3.8, 4) is 0 Å². The second kappa shape index (κ2) is 5.65. The van der Waals surface area contributed by atoms with E-state index < -0.39 is 11.3 Å². The average Bonchev–Trinajstić information content (AvgIpc) is 3.32. The van der Waals surface area contributed by atoms with Crippen LogP contribution in [0.2, 0.25) is 0 Å². The van der Waals surface area contributed by atoms with Crippen LogP contribution in [0, 0.1) is 16.7 Å². The van der Waals surface area contributed by atoms with Crippen molar-refractivity contribution in [1.82, 2.24) is 9.80 Å². The van der Waals surface area contributed by atoms with E-state index in [2.05, 4.69) is 44.4 Å². The van der Waals surface area contributed by atoms with Gasteiger partial charge in [0.1, 0.15) is 0 Å². The van der Waals surface area contributed by atoms with Gasteiger partial charge in [-0.3, -0.25) is 9.80 Å². The van der Waals surface area contributed by atoms with E-state index >= 15 is 0 Å². The van der Waals surface area contributed by atoms with Gasteiger partial charge in [-0.2, -0.15) is 0 Å². The van der Waals surface area contributed by atoms with Gasteiger partial charge in [0.15, 0.2) is 0 Å². The molecule has 0 amide bonds. The van der Waals surface area contributed by atoms with Crippen LogP contribution in [0.4, 0.5) is 8.78 Å². The summed E-state index contributed by atoms with van der Waals surface area (Å²) in [5, 5.41) is 0.